The quantitative estimate of drug-likeness (QED) is 0.756. The van der Waals surface area contributed by atoms with E-state index in [-0.39, 0.29) is 12.3 Å². The van der Waals surface area contributed by atoms with E-state index in [1.807, 2.05) is 0 Å². The molecule has 0 radical (unpaired) electrons. The molecular formula is C12H15N3O3. The Morgan fingerprint density at radius 3 is 2.67 bits per heavy atom. The highest BCUT2D eigenvalue weighted by atomic mass is 16.5. The smallest absolute Gasteiger partial charge is 0.358 e. The lowest BCUT2D eigenvalue weighted by Gasteiger charge is -2.19. The number of aliphatic hydroxyl groups is 1. The highest BCUT2D eigenvalue weighted by Crippen LogP contribution is 2.51. The first kappa shape index (κ1) is 11.4. The largest absolute Gasteiger partial charge is 0.464 e. The first-order valence-electron chi connectivity index (χ1n) is 6.02. The van der Waals surface area contributed by atoms with E-state index in [9.17, 15) is 4.79 Å². The van der Waals surface area contributed by atoms with Crippen LogP contribution in [-0.4, -0.2) is 48.1 Å². The van der Waals surface area contributed by atoms with Crippen LogP contribution in [0.25, 0.3) is 0 Å². The van der Waals surface area contributed by atoms with Crippen molar-refractivity contribution in [3.05, 3.63) is 17.8 Å². The number of methoxy groups -OCH3 is 1. The minimum Gasteiger partial charge on any atom is -0.464 e. The third-order valence-electron chi connectivity index (χ3n) is 3.95. The fourth-order valence-corrected chi connectivity index (χ4v) is 2.81. The molecule has 3 rings (SSSR count). The van der Waals surface area contributed by atoms with Gasteiger partial charge in [-0.2, -0.15) is 0 Å². The van der Waals surface area contributed by atoms with Gasteiger partial charge in [-0.3, -0.25) is 0 Å². The fraction of sp³-hybridized carbons (Fsp3) is 0.583. The predicted octanol–water partition coefficient (Wildman–Crippen LogP) is -0.0623. The standard InChI is InChI=1S/C12H15N3O3/c1-18-12(17)10-2-3-11(14-13-10)15-4-7-8(5-15)9(7)6-16/h2-3,7-9,16H,4-6H2,1H3/t7-,8+,9-. The average Bonchev–Trinajstić information content (AvgIpc) is 2.89. The second kappa shape index (κ2) is 4.20. The molecule has 1 aliphatic carbocycles. The maximum absolute atomic E-state index is 11.2. The maximum Gasteiger partial charge on any atom is 0.358 e. The zero-order valence-corrected chi connectivity index (χ0v) is 10.1. The van der Waals surface area contributed by atoms with Gasteiger partial charge in [0.05, 0.1) is 7.11 Å². The van der Waals surface area contributed by atoms with Gasteiger partial charge in [-0.25, -0.2) is 4.79 Å². The fourth-order valence-electron chi connectivity index (χ4n) is 2.81. The number of carbonyl (C=O) groups is 1. The number of hydrogen-bond donors (Lipinski definition) is 1. The average molecular weight is 249 g/mol. The van der Waals surface area contributed by atoms with Crippen molar-refractivity contribution >= 4 is 11.8 Å². The molecule has 6 nitrogen and oxygen atoms in total. The predicted molar refractivity (Wildman–Crippen MR) is 63.1 cm³/mol. The first-order valence-corrected chi connectivity index (χ1v) is 6.02. The summed E-state index contributed by atoms with van der Waals surface area (Å²) in [5.41, 5.74) is 0.221. The molecule has 2 fully saturated rings. The van der Waals surface area contributed by atoms with E-state index in [1.54, 1.807) is 12.1 Å². The van der Waals surface area contributed by atoms with Crippen molar-refractivity contribution in [1.29, 1.82) is 0 Å². The molecule has 0 unspecified atom stereocenters. The number of nitrogens with zero attached hydrogens (tertiary/aromatic N) is 3. The summed E-state index contributed by atoms with van der Waals surface area (Å²) in [6.45, 7) is 2.13. The summed E-state index contributed by atoms with van der Waals surface area (Å²) in [6.07, 6.45) is 0. The maximum atomic E-state index is 11.2. The Labute approximate surface area is 105 Å². The lowest BCUT2D eigenvalue weighted by atomic mass is 10.3. The topological polar surface area (TPSA) is 75.5 Å². The Morgan fingerprint density at radius 1 is 1.44 bits per heavy atom. The summed E-state index contributed by atoms with van der Waals surface area (Å²) < 4.78 is 4.57. The highest BCUT2D eigenvalue weighted by molar-refractivity contribution is 5.86. The van der Waals surface area contributed by atoms with Crippen molar-refractivity contribution in [2.24, 2.45) is 17.8 Å². The number of ether oxygens (including phenoxy) is 1. The minimum absolute atomic E-state index is 0.221. The number of hydrogen-bond acceptors (Lipinski definition) is 6. The summed E-state index contributed by atoms with van der Waals surface area (Å²) in [6, 6.07) is 3.42. The Kier molecular flexibility index (Phi) is 2.66. The molecule has 1 N–H and O–H groups in total. The number of anilines is 1. The molecule has 0 spiro atoms. The molecule has 0 amide bonds. The number of piperidine rings is 1. The number of fused-ring (bicyclic) bond motifs is 1. The molecular weight excluding hydrogens is 234 g/mol. The Balaban J connectivity index is 1.66. The van der Waals surface area contributed by atoms with Crippen molar-refractivity contribution in [3.63, 3.8) is 0 Å². The van der Waals surface area contributed by atoms with Crippen LogP contribution in [0.5, 0.6) is 0 Å². The van der Waals surface area contributed by atoms with E-state index in [1.165, 1.54) is 7.11 Å². The van der Waals surface area contributed by atoms with Crippen molar-refractivity contribution < 1.29 is 14.6 Å². The van der Waals surface area contributed by atoms with Gasteiger partial charge < -0.3 is 14.7 Å². The second-order valence-electron chi connectivity index (χ2n) is 4.85. The van der Waals surface area contributed by atoms with Gasteiger partial charge >= 0.3 is 5.97 Å². The van der Waals surface area contributed by atoms with Gasteiger partial charge in [0.2, 0.25) is 0 Å². The lowest BCUT2D eigenvalue weighted by Crippen LogP contribution is -2.26. The van der Waals surface area contributed by atoms with Gasteiger partial charge in [0, 0.05) is 19.7 Å². The van der Waals surface area contributed by atoms with Gasteiger partial charge in [0.25, 0.3) is 0 Å². The van der Waals surface area contributed by atoms with Crippen LogP contribution in [0, 0.1) is 17.8 Å². The van der Waals surface area contributed by atoms with Gasteiger partial charge in [-0.15, -0.1) is 10.2 Å². The van der Waals surface area contributed by atoms with E-state index in [4.69, 9.17) is 5.11 Å². The summed E-state index contributed by atoms with van der Waals surface area (Å²) in [4.78, 5) is 13.4. The van der Waals surface area contributed by atoms with Crippen molar-refractivity contribution in [2.75, 3.05) is 31.7 Å². The van der Waals surface area contributed by atoms with Crippen LogP contribution in [0.3, 0.4) is 0 Å². The molecule has 2 heterocycles. The molecule has 1 saturated heterocycles. The zero-order chi connectivity index (χ0) is 12.7. The number of aliphatic hydroxyl groups excluding tert-OH is 1. The van der Waals surface area contributed by atoms with Gasteiger partial charge in [0.1, 0.15) is 0 Å². The summed E-state index contributed by atoms with van der Waals surface area (Å²) in [5.74, 6) is 1.97. The third kappa shape index (κ3) is 1.73. The number of rotatable bonds is 3. The molecule has 18 heavy (non-hydrogen) atoms. The zero-order valence-electron chi connectivity index (χ0n) is 10.1. The molecule has 1 aromatic heterocycles. The first-order chi connectivity index (χ1) is 8.74. The van der Waals surface area contributed by atoms with Gasteiger partial charge in [-0.05, 0) is 29.9 Å². The summed E-state index contributed by atoms with van der Waals surface area (Å²) in [5, 5.41) is 17.0. The summed E-state index contributed by atoms with van der Waals surface area (Å²) in [7, 11) is 1.32. The molecule has 6 heteroatoms. The van der Waals surface area contributed by atoms with Crippen LogP contribution < -0.4 is 4.90 Å². The Morgan fingerprint density at radius 2 is 2.17 bits per heavy atom. The monoisotopic (exact) mass is 249 g/mol. The van der Waals surface area contributed by atoms with E-state index in [0.717, 1.165) is 18.9 Å². The SMILES string of the molecule is COC(=O)c1ccc(N2C[C@@H]3[C@H](CO)[C@@H]3C2)nn1. The van der Waals surface area contributed by atoms with Crippen molar-refractivity contribution in [3.8, 4) is 0 Å². The van der Waals surface area contributed by atoms with Crippen molar-refractivity contribution in [2.45, 2.75) is 0 Å². The number of aromatic nitrogens is 2. The summed E-state index contributed by atoms with van der Waals surface area (Å²) >= 11 is 0. The van der Waals surface area contributed by atoms with Gasteiger partial charge in [0.15, 0.2) is 11.5 Å². The molecule has 0 aromatic carbocycles. The van der Waals surface area contributed by atoms with Crippen molar-refractivity contribution in [1.82, 2.24) is 10.2 Å². The van der Waals surface area contributed by atoms with E-state index in [0.29, 0.717) is 17.8 Å². The minimum atomic E-state index is -0.473. The van der Waals surface area contributed by atoms with Crippen LogP contribution >= 0.6 is 0 Å². The molecule has 1 aliphatic heterocycles. The Bertz CT molecular complexity index is 450. The van der Waals surface area contributed by atoms with E-state index in [2.05, 4.69) is 19.8 Å². The normalized spacial score (nSPS) is 29.0. The number of carbonyl (C=O) groups excluding carboxylic acids is 1. The third-order valence-corrected chi connectivity index (χ3v) is 3.95. The van der Waals surface area contributed by atoms with Gasteiger partial charge in [-0.1, -0.05) is 0 Å². The van der Waals surface area contributed by atoms with Crippen LogP contribution in [0.2, 0.25) is 0 Å². The van der Waals surface area contributed by atoms with Crippen LogP contribution in [0.1, 0.15) is 10.5 Å². The molecule has 96 valence electrons. The van der Waals surface area contributed by atoms with Crippen LogP contribution in [-0.2, 0) is 4.74 Å². The molecule has 2 aliphatic rings. The number of esters is 1. The van der Waals surface area contributed by atoms with E-state index < -0.39 is 5.97 Å². The lowest BCUT2D eigenvalue weighted by molar-refractivity contribution is 0.0592. The highest BCUT2D eigenvalue weighted by Gasteiger charge is 2.55. The molecule has 1 aromatic rings. The molecule has 1 saturated carbocycles. The van der Waals surface area contributed by atoms with E-state index >= 15 is 0 Å². The second-order valence-corrected chi connectivity index (χ2v) is 4.85. The molecule has 3 atom stereocenters. The Hall–Kier alpha value is -1.69. The van der Waals surface area contributed by atoms with Crippen LogP contribution in [0.4, 0.5) is 5.82 Å². The van der Waals surface area contributed by atoms with Crippen LogP contribution in [0.15, 0.2) is 12.1 Å². The molecule has 0 bridgehead atoms.